The highest BCUT2D eigenvalue weighted by atomic mass is 19.1. The molecule has 0 saturated carbocycles. The van der Waals surface area contributed by atoms with Crippen molar-refractivity contribution < 1.29 is 9.18 Å². The van der Waals surface area contributed by atoms with Gasteiger partial charge in [-0.15, -0.1) is 0 Å². The molecule has 2 rings (SSSR count). The average molecular weight is 255 g/mol. The Balaban J connectivity index is 2.18. The SMILES string of the molecule is Cc1ccc(NC(=O)c2ccc(C#N)cn2)c(F)c1. The number of carbonyl (C=O) groups excluding carboxylic acids is 1. The molecule has 1 heterocycles. The molecule has 0 atom stereocenters. The first kappa shape index (κ1) is 12.7. The fraction of sp³-hybridized carbons (Fsp3) is 0.0714. The van der Waals surface area contributed by atoms with Gasteiger partial charge in [-0.05, 0) is 36.8 Å². The van der Waals surface area contributed by atoms with Crippen molar-refractivity contribution in [3.05, 3.63) is 59.2 Å². The minimum absolute atomic E-state index is 0.0989. The number of halogens is 1. The van der Waals surface area contributed by atoms with E-state index < -0.39 is 11.7 Å². The van der Waals surface area contributed by atoms with E-state index in [1.54, 1.807) is 13.0 Å². The second-order valence-corrected chi connectivity index (χ2v) is 3.98. The quantitative estimate of drug-likeness (QED) is 0.897. The van der Waals surface area contributed by atoms with Crippen molar-refractivity contribution in [2.24, 2.45) is 0 Å². The van der Waals surface area contributed by atoms with E-state index in [1.165, 1.54) is 30.5 Å². The monoisotopic (exact) mass is 255 g/mol. The minimum Gasteiger partial charge on any atom is -0.318 e. The molecule has 0 radical (unpaired) electrons. The molecule has 0 unspecified atom stereocenters. The molecule has 0 aliphatic rings. The lowest BCUT2D eigenvalue weighted by molar-refractivity contribution is 0.102. The van der Waals surface area contributed by atoms with Gasteiger partial charge in [-0.1, -0.05) is 6.07 Å². The standard InChI is InChI=1S/C14H10FN3O/c1-9-2-4-12(11(15)6-9)18-14(19)13-5-3-10(7-16)8-17-13/h2-6,8H,1H3,(H,18,19). The fourth-order valence-electron chi connectivity index (χ4n) is 1.50. The van der Waals surface area contributed by atoms with Gasteiger partial charge in [0.25, 0.3) is 5.91 Å². The Morgan fingerprint density at radius 3 is 2.74 bits per heavy atom. The molecular weight excluding hydrogens is 245 g/mol. The van der Waals surface area contributed by atoms with Crippen molar-refractivity contribution in [3.8, 4) is 6.07 Å². The van der Waals surface area contributed by atoms with E-state index in [0.717, 1.165) is 5.56 Å². The second-order valence-electron chi connectivity index (χ2n) is 3.98. The number of pyridine rings is 1. The molecule has 0 saturated heterocycles. The molecule has 1 aromatic carbocycles. The summed E-state index contributed by atoms with van der Waals surface area (Å²) in [6.07, 6.45) is 1.29. The molecule has 0 bridgehead atoms. The van der Waals surface area contributed by atoms with Crippen LogP contribution in [0.1, 0.15) is 21.6 Å². The van der Waals surface area contributed by atoms with E-state index >= 15 is 0 Å². The van der Waals surface area contributed by atoms with Crippen LogP contribution >= 0.6 is 0 Å². The molecule has 4 nitrogen and oxygen atoms in total. The van der Waals surface area contributed by atoms with Crippen molar-refractivity contribution in [2.45, 2.75) is 6.92 Å². The van der Waals surface area contributed by atoms with E-state index in [2.05, 4.69) is 10.3 Å². The Labute approximate surface area is 109 Å². The summed E-state index contributed by atoms with van der Waals surface area (Å²) in [6, 6.07) is 9.33. The van der Waals surface area contributed by atoms with Gasteiger partial charge in [-0.25, -0.2) is 9.37 Å². The number of anilines is 1. The molecule has 5 heteroatoms. The number of nitrogens with one attached hydrogen (secondary N) is 1. The molecular formula is C14H10FN3O. The van der Waals surface area contributed by atoms with Gasteiger partial charge in [0.05, 0.1) is 11.3 Å². The van der Waals surface area contributed by atoms with Crippen LogP contribution in [-0.4, -0.2) is 10.9 Å². The molecule has 1 N–H and O–H groups in total. The van der Waals surface area contributed by atoms with Gasteiger partial charge in [0.2, 0.25) is 0 Å². The molecule has 1 amide bonds. The largest absolute Gasteiger partial charge is 0.318 e. The lowest BCUT2D eigenvalue weighted by Gasteiger charge is -2.06. The van der Waals surface area contributed by atoms with E-state index in [4.69, 9.17) is 5.26 Å². The molecule has 1 aromatic heterocycles. The van der Waals surface area contributed by atoms with Crippen LogP contribution in [0.15, 0.2) is 36.5 Å². The minimum atomic E-state index is -0.521. The van der Waals surface area contributed by atoms with E-state index in [0.29, 0.717) is 5.56 Å². The fourth-order valence-corrected chi connectivity index (χ4v) is 1.50. The van der Waals surface area contributed by atoms with Gasteiger partial charge in [0.15, 0.2) is 0 Å². The molecule has 94 valence electrons. The first-order chi connectivity index (χ1) is 9.10. The molecule has 0 aliphatic carbocycles. The summed E-state index contributed by atoms with van der Waals surface area (Å²) in [5, 5.41) is 11.1. The van der Waals surface area contributed by atoms with Gasteiger partial charge in [-0.2, -0.15) is 5.26 Å². The van der Waals surface area contributed by atoms with E-state index in [9.17, 15) is 9.18 Å². The number of rotatable bonds is 2. The van der Waals surface area contributed by atoms with Crippen LogP contribution in [0.4, 0.5) is 10.1 Å². The van der Waals surface area contributed by atoms with Gasteiger partial charge in [0.1, 0.15) is 17.6 Å². The number of aromatic nitrogens is 1. The Morgan fingerprint density at radius 1 is 1.37 bits per heavy atom. The molecule has 0 spiro atoms. The maximum atomic E-state index is 13.6. The second kappa shape index (κ2) is 5.27. The van der Waals surface area contributed by atoms with Gasteiger partial charge in [0, 0.05) is 6.20 Å². The number of nitrogens with zero attached hydrogens (tertiary/aromatic N) is 2. The third-order valence-electron chi connectivity index (χ3n) is 2.50. The van der Waals surface area contributed by atoms with Crippen LogP contribution in [0.2, 0.25) is 0 Å². The predicted octanol–water partition coefficient (Wildman–Crippen LogP) is 2.65. The zero-order valence-electron chi connectivity index (χ0n) is 10.1. The number of amides is 1. The van der Waals surface area contributed by atoms with Gasteiger partial charge in [-0.3, -0.25) is 4.79 Å². The van der Waals surface area contributed by atoms with E-state index in [1.807, 2.05) is 6.07 Å². The number of hydrogen-bond donors (Lipinski definition) is 1. The van der Waals surface area contributed by atoms with Crippen LogP contribution < -0.4 is 5.32 Å². The zero-order valence-corrected chi connectivity index (χ0v) is 10.1. The average Bonchev–Trinajstić information content (AvgIpc) is 2.42. The number of aryl methyl sites for hydroxylation is 1. The van der Waals surface area contributed by atoms with Crippen LogP contribution in [-0.2, 0) is 0 Å². The molecule has 0 aliphatic heterocycles. The third-order valence-corrected chi connectivity index (χ3v) is 2.50. The van der Waals surface area contributed by atoms with Gasteiger partial charge < -0.3 is 5.32 Å². The number of nitriles is 1. The van der Waals surface area contributed by atoms with Crippen molar-refractivity contribution in [3.63, 3.8) is 0 Å². The summed E-state index contributed by atoms with van der Waals surface area (Å²) < 4.78 is 13.6. The highest BCUT2D eigenvalue weighted by Gasteiger charge is 2.10. The Bertz CT molecular complexity index is 659. The maximum Gasteiger partial charge on any atom is 0.274 e. The molecule has 2 aromatic rings. The zero-order chi connectivity index (χ0) is 13.8. The topological polar surface area (TPSA) is 65.8 Å². The number of benzene rings is 1. The number of carbonyl (C=O) groups is 1. The summed E-state index contributed by atoms with van der Waals surface area (Å²) >= 11 is 0. The van der Waals surface area contributed by atoms with Crippen molar-refractivity contribution in [1.82, 2.24) is 4.98 Å². The Hall–Kier alpha value is -2.74. The van der Waals surface area contributed by atoms with Crippen molar-refractivity contribution in [2.75, 3.05) is 5.32 Å². The van der Waals surface area contributed by atoms with Crippen LogP contribution in [0.25, 0.3) is 0 Å². The van der Waals surface area contributed by atoms with Crippen LogP contribution in [0.5, 0.6) is 0 Å². The normalized spacial score (nSPS) is 9.74. The summed E-state index contributed by atoms with van der Waals surface area (Å²) in [6.45, 7) is 1.76. The Kier molecular flexibility index (Phi) is 3.53. The number of hydrogen-bond acceptors (Lipinski definition) is 3. The summed E-state index contributed by atoms with van der Waals surface area (Å²) in [5.74, 6) is -1.02. The Morgan fingerprint density at radius 2 is 2.16 bits per heavy atom. The van der Waals surface area contributed by atoms with Crippen molar-refractivity contribution >= 4 is 11.6 Å². The molecule has 0 fully saturated rings. The highest BCUT2D eigenvalue weighted by Crippen LogP contribution is 2.16. The molecule has 19 heavy (non-hydrogen) atoms. The van der Waals surface area contributed by atoms with Gasteiger partial charge >= 0.3 is 0 Å². The third kappa shape index (κ3) is 2.93. The lowest BCUT2D eigenvalue weighted by atomic mass is 10.2. The van der Waals surface area contributed by atoms with E-state index in [-0.39, 0.29) is 11.4 Å². The predicted molar refractivity (Wildman–Crippen MR) is 68.0 cm³/mol. The first-order valence-electron chi connectivity index (χ1n) is 5.54. The summed E-state index contributed by atoms with van der Waals surface area (Å²) in [5.41, 5.74) is 1.35. The smallest absolute Gasteiger partial charge is 0.274 e. The van der Waals surface area contributed by atoms with Crippen LogP contribution in [0, 0.1) is 24.1 Å². The van der Waals surface area contributed by atoms with Crippen molar-refractivity contribution in [1.29, 1.82) is 5.26 Å². The maximum absolute atomic E-state index is 13.6. The highest BCUT2D eigenvalue weighted by molar-refractivity contribution is 6.02. The summed E-state index contributed by atoms with van der Waals surface area (Å²) in [4.78, 5) is 15.7. The summed E-state index contributed by atoms with van der Waals surface area (Å²) in [7, 11) is 0. The lowest BCUT2D eigenvalue weighted by Crippen LogP contribution is -2.14. The first-order valence-corrected chi connectivity index (χ1v) is 5.54. The van der Waals surface area contributed by atoms with Crippen LogP contribution in [0.3, 0.4) is 0 Å².